The van der Waals surface area contributed by atoms with E-state index < -0.39 is 0 Å². The molecule has 0 fully saturated rings. The van der Waals surface area contributed by atoms with Crippen LogP contribution in [0.5, 0.6) is 0 Å². The highest BCUT2D eigenvalue weighted by Gasteiger charge is 2.21. The van der Waals surface area contributed by atoms with Crippen molar-refractivity contribution in [2.75, 3.05) is 6.61 Å². The Bertz CT molecular complexity index is 406. The molecule has 1 aliphatic heterocycles. The van der Waals surface area contributed by atoms with Crippen molar-refractivity contribution in [3.05, 3.63) is 33.8 Å². The Morgan fingerprint density at radius 1 is 1.40 bits per heavy atom. The zero-order chi connectivity index (χ0) is 10.8. The second-order valence-corrected chi connectivity index (χ2v) is 4.10. The van der Waals surface area contributed by atoms with Gasteiger partial charge in [-0.1, -0.05) is 34.4 Å². The molecule has 15 heavy (non-hydrogen) atoms. The number of nitrogens with zero attached hydrogens (tertiary/aromatic N) is 1. The first kappa shape index (κ1) is 10.7. The third-order valence-electron chi connectivity index (χ3n) is 2.19. The van der Waals surface area contributed by atoms with Gasteiger partial charge in [-0.25, -0.2) is 0 Å². The van der Waals surface area contributed by atoms with Gasteiger partial charge in [-0.3, -0.25) is 0 Å². The van der Waals surface area contributed by atoms with Gasteiger partial charge in [0.1, 0.15) is 0 Å². The number of hydrogen-bond donors (Lipinski definition) is 1. The molecule has 0 amide bonds. The molecule has 1 heterocycles. The van der Waals surface area contributed by atoms with E-state index in [1.165, 1.54) is 0 Å². The number of aliphatic hydroxyl groups excluding tert-OH is 1. The molecule has 2 rings (SSSR count). The van der Waals surface area contributed by atoms with Crippen molar-refractivity contribution in [1.82, 2.24) is 0 Å². The van der Waals surface area contributed by atoms with Crippen molar-refractivity contribution in [3.8, 4) is 0 Å². The van der Waals surface area contributed by atoms with E-state index in [9.17, 15) is 0 Å². The van der Waals surface area contributed by atoms with Crippen LogP contribution in [0.4, 0.5) is 0 Å². The van der Waals surface area contributed by atoms with Gasteiger partial charge in [0.25, 0.3) is 0 Å². The second-order valence-electron chi connectivity index (χ2n) is 3.28. The molecule has 0 saturated carbocycles. The van der Waals surface area contributed by atoms with E-state index in [1.807, 2.05) is 6.07 Å². The Kier molecular flexibility index (Phi) is 3.14. The summed E-state index contributed by atoms with van der Waals surface area (Å²) in [5, 5.41) is 13.8. The van der Waals surface area contributed by atoms with Crippen LogP contribution in [0.25, 0.3) is 0 Å². The minimum absolute atomic E-state index is 0.0334. The quantitative estimate of drug-likeness (QED) is 0.870. The lowest BCUT2D eigenvalue weighted by Crippen LogP contribution is -2.12. The molecular formula is C10H9Cl2NO2. The number of aliphatic hydroxyl groups is 1. The lowest BCUT2D eigenvalue weighted by molar-refractivity contribution is 0.0390. The number of rotatable bonds is 2. The van der Waals surface area contributed by atoms with Gasteiger partial charge in [-0.05, 0) is 12.1 Å². The molecule has 0 aromatic heterocycles. The van der Waals surface area contributed by atoms with E-state index in [4.69, 9.17) is 33.1 Å². The Morgan fingerprint density at radius 3 is 2.80 bits per heavy atom. The monoisotopic (exact) mass is 245 g/mol. The maximum Gasteiger partial charge on any atom is 0.156 e. The third kappa shape index (κ3) is 2.25. The molecule has 5 heteroatoms. The maximum atomic E-state index is 8.88. The molecule has 0 spiro atoms. The average molecular weight is 246 g/mol. The topological polar surface area (TPSA) is 41.8 Å². The van der Waals surface area contributed by atoms with Gasteiger partial charge < -0.3 is 9.94 Å². The molecule has 0 bridgehead atoms. The van der Waals surface area contributed by atoms with Crippen LogP contribution in [0.3, 0.4) is 0 Å². The van der Waals surface area contributed by atoms with Gasteiger partial charge in [0.15, 0.2) is 6.10 Å². The Hall–Kier alpha value is -0.770. The Morgan fingerprint density at radius 2 is 2.20 bits per heavy atom. The second kappa shape index (κ2) is 4.39. The summed E-state index contributed by atoms with van der Waals surface area (Å²) in [4.78, 5) is 5.00. The molecule has 0 aliphatic carbocycles. The molecule has 80 valence electrons. The van der Waals surface area contributed by atoms with Crippen molar-refractivity contribution in [2.45, 2.75) is 12.5 Å². The zero-order valence-electron chi connectivity index (χ0n) is 7.78. The van der Waals surface area contributed by atoms with E-state index in [1.54, 1.807) is 12.1 Å². The predicted molar refractivity (Wildman–Crippen MR) is 59.6 cm³/mol. The van der Waals surface area contributed by atoms with E-state index in [0.29, 0.717) is 16.5 Å². The third-order valence-corrected chi connectivity index (χ3v) is 2.93. The number of hydrogen-bond acceptors (Lipinski definition) is 3. The van der Waals surface area contributed by atoms with Crippen LogP contribution in [0.2, 0.25) is 10.0 Å². The van der Waals surface area contributed by atoms with Crippen molar-refractivity contribution >= 4 is 28.9 Å². The van der Waals surface area contributed by atoms with Crippen LogP contribution < -0.4 is 0 Å². The SMILES string of the molecule is OCC1CC(c2ccc(Cl)c(Cl)c2)=NO1. The van der Waals surface area contributed by atoms with Crippen molar-refractivity contribution in [1.29, 1.82) is 0 Å². The zero-order valence-corrected chi connectivity index (χ0v) is 9.29. The fourth-order valence-electron chi connectivity index (χ4n) is 1.37. The number of oxime groups is 1. The summed E-state index contributed by atoms with van der Waals surface area (Å²) in [6.07, 6.45) is 0.350. The lowest BCUT2D eigenvalue weighted by atomic mass is 10.1. The van der Waals surface area contributed by atoms with Crippen molar-refractivity contribution in [3.63, 3.8) is 0 Å². The van der Waals surface area contributed by atoms with Gasteiger partial charge in [0, 0.05) is 12.0 Å². The summed E-state index contributed by atoms with van der Waals surface area (Å²) in [6.45, 7) is -0.0334. The van der Waals surface area contributed by atoms with Crippen LogP contribution in [-0.4, -0.2) is 23.5 Å². The standard InChI is InChI=1S/C10H9Cl2NO2/c11-8-2-1-6(3-9(8)12)10-4-7(5-14)15-13-10/h1-3,7,14H,4-5H2. The highest BCUT2D eigenvalue weighted by atomic mass is 35.5. The molecule has 1 aliphatic rings. The summed E-state index contributed by atoms with van der Waals surface area (Å²) < 4.78 is 0. The number of benzene rings is 1. The average Bonchev–Trinajstić information content (AvgIpc) is 2.70. The van der Waals surface area contributed by atoms with Gasteiger partial charge in [-0.15, -0.1) is 0 Å². The molecule has 1 aromatic carbocycles. The Labute approximate surface area is 97.2 Å². The summed E-state index contributed by atoms with van der Waals surface area (Å²) in [5.41, 5.74) is 1.66. The van der Waals surface area contributed by atoms with E-state index in [0.717, 1.165) is 11.3 Å². The van der Waals surface area contributed by atoms with Gasteiger partial charge in [0.05, 0.1) is 22.4 Å². The maximum absolute atomic E-state index is 8.88. The fourth-order valence-corrected chi connectivity index (χ4v) is 1.67. The first-order valence-electron chi connectivity index (χ1n) is 4.49. The summed E-state index contributed by atoms with van der Waals surface area (Å²) in [6, 6.07) is 5.29. The molecule has 1 aromatic rings. The molecule has 1 unspecified atom stereocenters. The summed E-state index contributed by atoms with van der Waals surface area (Å²) in [5.74, 6) is 0. The lowest BCUT2D eigenvalue weighted by Gasteiger charge is -2.02. The fraction of sp³-hybridized carbons (Fsp3) is 0.300. The molecule has 0 radical (unpaired) electrons. The van der Waals surface area contributed by atoms with E-state index in [2.05, 4.69) is 5.16 Å². The summed E-state index contributed by atoms with van der Waals surface area (Å²) in [7, 11) is 0. The van der Waals surface area contributed by atoms with Crippen LogP contribution >= 0.6 is 23.2 Å². The highest BCUT2D eigenvalue weighted by Crippen LogP contribution is 2.25. The minimum Gasteiger partial charge on any atom is -0.392 e. The van der Waals surface area contributed by atoms with Gasteiger partial charge in [-0.2, -0.15) is 0 Å². The van der Waals surface area contributed by atoms with Crippen molar-refractivity contribution in [2.24, 2.45) is 5.16 Å². The van der Waals surface area contributed by atoms with E-state index >= 15 is 0 Å². The van der Waals surface area contributed by atoms with Crippen LogP contribution in [0.1, 0.15) is 12.0 Å². The first-order valence-corrected chi connectivity index (χ1v) is 5.25. The normalized spacial score (nSPS) is 19.9. The molecule has 1 atom stereocenters. The predicted octanol–water partition coefficient (Wildman–Crippen LogP) is 2.48. The van der Waals surface area contributed by atoms with Gasteiger partial charge in [0.2, 0.25) is 0 Å². The van der Waals surface area contributed by atoms with Gasteiger partial charge >= 0.3 is 0 Å². The largest absolute Gasteiger partial charge is 0.392 e. The molecule has 3 nitrogen and oxygen atoms in total. The smallest absolute Gasteiger partial charge is 0.156 e. The minimum atomic E-state index is -0.241. The number of halogens is 2. The first-order chi connectivity index (χ1) is 7.20. The van der Waals surface area contributed by atoms with E-state index in [-0.39, 0.29) is 12.7 Å². The summed E-state index contributed by atoms with van der Waals surface area (Å²) >= 11 is 11.7. The molecule has 0 saturated heterocycles. The Balaban J connectivity index is 2.21. The van der Waals surface area contributed by atoms with Crippen LogP contribution in [-0.2, 0) is 4.84 Å². The van der Waals surface area contributed by atoms with Crippen LogP contribution in [0, 0.1) is 0 Å². The van der Waals surface area contributed by atoms with Crippen molar-refractivity contribution < 1.29 is 9.94 Å². The molecular weight excluding hydrogens is 237 g/mol. The van der Waals surface area contributed by atoms with Crippen LogP contribution in [0.15, 0.2) is 23.4 Å². The molecule has 1 N–H and O–H groups in total. The highest BCUT2D eigenvalue weighted by molar-refractivity contribution is 6.42.